The molecule has 2 aliphatic rings. The van der Waals surface area contributed by atoms with Crippen molar-refractivity contribution in [2.45, 2.75) is 206 Å². The Morgan fingerprint density at radius 3 is 1.35 bits per heavy atom. The average molecular weight is 797 g/mol. The number of carbonyl (C=O) groups excluding carboxylic acids is 3. The number of esters is 3. The highest BCUT2D eigenvalue weighted by Gasteiger charge is 2.64. The molecule has 2 aliphatic carbocycles. The first-order chi connectivity index (χ1) is 25.2. The van der Waals surface area contributed by atoms with Crippen LogP contribution in [0.15, 0.2) is 0 Å². The van der Waals surface area contributed by atoms with Gasteiger partial charge in [-0.25, -0.2) is 0 Å². The number of ether oxygens (including phenoxy) is 3. The van der Waals surface area contributed by atoms with E-state index in [1.54, 1.807) is 0 Å². The fourth-order valence-electron chi connectivity index (χ4n) is 7.68. The minimum atomic E-state index is -5.45. The summed E-state index contributed by atoms with van der Waals surface area (Å²) in [4.78, 5) is 39.5. The van der Waals surface area contributed by atoms with Crippen LogP contribution in [0.4, 0.5) is 39.5 Å². The Labute approximate surface area is 314 Å². The second-order valence-electron chi connectivity index (χ2n) is 15.6. The molecule has 2 saturated carbocycles. The monoisotopic (exact) mass is 796 g/mol. The highest BCUT2D eigenvalue weighted by atomic mass is 19.4. The molecule has 0 aliphatic heterocycles. The molecular weight excluding hydrogens is 735 g/mol. The molecule has 0 N–H and O–H groups in total. The second kappa shape index (κ2) is 21.3. The van der Waals surface area contributed by atoms with Gasteiger partial charge in [0.15, 0.2) is 16.2 Å². The summed E-state index contributed by atoms with van der Waals surface area (Å²) in [6, 6.07) is 0. The topological polar surface area (TPSA) is 78.9 Å². The lowest BCUT2D eigenvalue weighted by molar-refractivity contribution is -0.248. The van der Waals surface area contributed by atoms with Gasteiger partial charge in [0.05, 0.1) is 6.61 Å². The van der Waals surface area contributed by atoms with Gasteiger partial charge in [-0.3, -0.25) is 14.4 Å². The van der Waals surface area contributed by atoms with Crippen molar-refractivity contribution in [1.82, 2.24) is 0 Å². The van der Waals surface area contributed by atoms with E-state index in [1.807, 2.05) is 0 Å². The summed E-state index contributed by atoms with van der Waals surface area (Å²) in [6.45, 7) is 3.39. The highest BCUT2D eigenvalue weighted by molar-refractivity contribution is 5.79. The zero-order valence-corrected chi connectivity index (χ0v) is 32.2. The van der Waals surface area contributed by atoms with Crippen molar-refractivity contribution in [3.63, 3.8) is 0 Å². The van der Waals surface area contributed by atoms with Crippen LogP contribution in [-0.2, 0) is 28.6 Å². The van der Waals surface area contributed by atoms with E-state index in [-0.39, 0.29) is 19.4 Å². The average Bonchev–Trinajstić information content (AvgIpc) is 3.60. The maximum Gasteiger partial charge on any atom is 0.404 e. The van der Waals surface area contributed by atoms with Gasteiger partial charge in [0.25, 0.3) is 0 Å². The van der Waals surface area contributed by atoms with Crippen LogP contribution in [0.25, 0.3) is 0 Å². The number of alkyl halides is 9. The lowest BCUT2D eigenvalue weighted by atomic mass is 9.72. The van der Waals surface area contributed by atoms with Gasteiger partial charge in [0, 0.05) is 0 Å². The van der Waals surface area contributed by atoms with Crippen LogP contribution < -0.4 is 0 Å². The van der Waals surface area contributed by atoms with Crippen molar-refractivity contribution < 1.29 is 68.1 Å². The number of hydrogen-bond acceptors (Lipinski definition) is 6. The summed E-state index contributed by atoms with van der Waals surface area (Å²) in [7, 11) is 0. The lowest BCUT2D eigenvalue weighted by Crippen LogP contribution is -2.49. The quantitative estimate of drug-likeness (QED) is 0.0443. The van der Waals surface area contributed by atoms with Gasteiger partial charge in [0.1, 0.15) is 12.2 Å². The molecule has 15 heteroatoms. The van der Waals surface area contributed by atoms with Crippen LogP contribution in [0.2, 0.25) is 0 Å². The fourth-order valence-corrected chi connectivity index (χ4v) is 7.68. The minimum absolute atomic E-state index is 0.260. The molecule has 0 spiro atoms. The molecule has 0 saturated heterocycles. The molecule has 2 rings (SSSR count). The molecule has 2 fully saturated rings. The van der Waals surface area contributed by atoms with Crippen LogP contribution in [-0.4, -0.2) is 55.3 Å². The number of halogens is 9. The number of carbonyl (C=O) groups is 3. The Morgan fingerprint density at radius 2 is 0.907 bits per heavy atom. The van der Waals surface area contributed by atoms with E-state index in [4.69, 9.17) is 14.2 Å². The summed E-state index contributed by atoms with van der Waals surface area (Å²) in [6.07, 6.45) is -13.7. The maximum absolute atomic E-state index is 15.1. The van der Waals surface area contributed by atoms with E-state index in [9.17, 15) is 40.7 Å². The Bertz CT molecular complexity index is 1140. The highest BCUT2D eigenvalue weighted by Crippen LogP contribution is 2.53. The van der Waals surface area contributed by atoms with Gasteiger partial charge in [-0.1, -0.05) is 78.1 Å². The van der Waals surface area contributed by atoms with Gasteiger partial charge in [-0.15, -0.1) is 0 Å². The third kappa shape index (κ3) is 12.9. The predicted octanol–water partition coefficient (Wildman–Crippen LogP) is 12.4. The van der Waals surface area contributed by atoms with E-state index in [0.717, 1.165) is 51.9 Å². The lowest BCUT2D eigenvalue weighted by Gasteiger charge is -2.38. The smallest absolute Gasteiger partial charge is 0.404 e. The van der Waals surface area contributed by atoms with Gasteiger partial charge in [0.2, 0.25) is 0 Å². The van der Waals surface area contributed by atoms with E-state index in [1.165, 1.54) is 0 Å². The molecule has 0 radical (unpaired) electrons. The molecule has 0 aromatic carbocycles. The Hall–Kier alpha value is -2.22. The van der Waals surface area contributed by atoms with Crippen LogP contribution in [0.1, 0.15) is 175 Å². The predicted molar refractivity (Wildman–Crippen MR) is 184 cm³/mol. The van der Waals surface area contributed by atoms with E-state index in [0.29, 0.717) is 58.3 Å². The van der Waals surface area contributed by atoms with Crippen molar-refractivity contribution in [3.8, 4) is 0 Å². The molecule has 316 valence electrons. The standard InChI is InChI=1S/C39H61F9O6/c1-4-6-7-8-9-10-11-17-28-52-31(49)34(3,37(40,41)42)24-18-26-36(39(46,47)48,33(51)54-30-22-15-16-23-30)27-19-25-35(5-2,38(43,44)45)32(50)53-29-20-13-12-14-21-29/h29-30H,4-28H2,1-3H3. The van der Waals surface area contributed by atoms with E-state index in [2.05, 4.69) is 6.92 Å². The molecular formula is C39H61F9O6. The molecule has 3 unspecified atom stereocenters. The Balaban J connectivity index is 2.28. The van der Waals surface area contributed by atoms with Crippen LogP contribution in [0.5, 0.6) is 0 Å². The molecule has 0 aromatic rings. The van der Waals surface area contributed by atoms with Crippen LogP contribution >= 0.6 is 0 Å². The summed E-state index contributed by atoms with van der Waals surface area (Å²) >= 11 is 0. The Morgan fingerprint density at radius 1 is 0.500 bits per heavy atom. The molecule has 0 aromatic heterocycles. The first-order valence-corrected chi connectivity index (χ1v) is 20.0. The normalized spacial score (nSPS) is 19.8. The zero-order valence-electron chi connectivity index (χ0n) is 32.2. The molecule has 54 heavy (non-hydrogen) atoms. The largest absolute Gasteiger partial charge is 0.465 e. The van der Waals surface area contributed by atoms with Gasteiger partial charge in [-0.05, 0) is 96.8 Å². The number of rotatable bonds is 23. The van der Waals surface area contributed by atoms with Crippen molar-refractivity contribution in [1.29, 1.82) is 0 Å². The fraction of sp³-hybridized carbons (Fsp3) is 0.923. The van der Waals surface area contributed by atoms with Crippen molar-refractivity contribution >= 4 is 17.9 Å². The SMILES string of the molecule is CCCCCCCCCCOC(=O)C(C)(CCCC(CCCC(CC)(C(=O)OC1CCCCC1)C(F)(F)F)(C(=O)OC1CCCC1)C(F)(F)F)C(F)(F)F. The van der Waals surface area contributed by atoms with Crippen molar-refractivity contribution in [3.05, 3.63) is 0 Å². The van der Waals surface area contributed by atoms with E-state index >= 15 is 13.2 Å². The molecule has 0 amide bonds. The zero-order chi connectivity index (χ0) is 40.7. The molecule has 6 nitrogen and oxygen atoms in total. The van der Waals surface area contributed by atoms with Crippen LogP contribution in [0, 0.1) is 16.2 Å². The molecule has 0 heterocycles. The number of hydrogen-bond donors (Lipinski definition) is 0. The third-order valence-electron chi connectivity index (χ3n) is 11.7. The molecule has 3 atom stereocenters. The number of unbranched alkanes of at least 4 members (excludes halogenated alkanes) is 7. The summed E-state index contributed by atoms with van der Waals surface area (Å²) in [5, 5.41) is 0. The van der Waals surface area contributed by atoms with Crippen LogP contribution in [0.3, 0.4) is 0 Å². The first-order valence-electron chi connectivity index (χ1n) is 20.0. The minimum Gasteiger partial charge on any atom is -0.465 e. The van der Waals surface area contributed by atoms with E-state index < -0.39 is 110 Å². The molecule has 0 bridgehead atoms. The summed E-state index contributed by atoms with van der Waals surface area (Å²) in [5.41, 5.74) is -9.87. The van der Waals surface area contributed by atoms with Crippen molar-refractivity contribution in [2.75, 3.05) is 6.61 Å². The maximum atomic E-state index is 15.1. The second-order valence-corrected chi connectivity index (χ2v) is 15.6. The summed E-state index contributed by atoms with van der Waals surface area (Å²) in [5.74, 6) is -5.03. The summed E-state index contributed by atoms with van der Waals surface area (Å²) < 4.78 is 148. The Kier molecular flexibility index (Phi) is 18.9. The van der Waals surface area contributed by atoms with Gasteiger partial charge >= 0.3 is 36.4 Å². The van der Waals surface area contributed by atoms with Gasteiger partial charge in [-0.2, -0.15) is 39.5 Å². The van der Waals surface area contributed by atoms with Gasteiger partial charge < -0.3 is 14.2 Å². The first kappa shape index (κ1) is 47.9. The third-order valence-corrected chi connectivity index (χ3v) is 11.7. The van der Waals surface area contributed by atoms with Crippen molar-refractivity contribution in [2.24, 2.45) is 16.2 Å².